The second-order valence-electron chi connectivity index (χ2n) is 5.21. The molecule has 0 heterocycles. The summed E-state index contributed by atoms with van der Waals surface area (Å²) in [5, 5.41) is 2.92. The van der Waals surface area contributed by atoms with E-state index >= 15 is 0 Å². The summed E-state index contributed by atoms with van der Waals surface area (Å²) in [6.45, 7) is 3.13. The third-order valence-corrected chi connectivity index (χ3v) is 3.82. The number of carbonyl (C=O) groups excluding carboxylic acids is 1. The molecule has 1 rings (SSSR count). The normalized spacial score (nSPS) is 29.9. The molecule has 5 heteroatoms. The van der Waals surface area contributed by atoms with Crippen LogP contribution < -0.4 is 11.1 Å². The van der Waals surface area contributed by atoms with E-state index in [0.29, 0.717) is 19.1 Å². The van der Waals surface area contributed by atoms with E-state index in [4.69, 9.17) is 15.2 Å². The van der Waals surface area contributed by atoms with Crippen molar-refractivity contribution in [3.8, 4) is 0 Å². The molecule has 0 saturated heterocycles. The molecular weight excluding hydrogens is 232 g/mol. The fraction of sp³-hybridized carbons (Fsp3) is 0.923. The van der Waals surface area contributed by atoms with Crippen molar-refractivity contribution >= 4 is 5.91 Å². The Hall–Kier alpha value is -0.650. The summed E-state index contributed by atoms with van der Waals surface area (Å²) in [5.41, 5.74) is 6.01. The second kappa shape index (κ2) is 7.71. The number of hydrogen-bond donors (Lipinski definition) is 2. The van der Waals surface area contributed by atoms with Crippen LogP contribution in [0, 0.1) is 11.8 Å². The molecule has 0 aliphatic heterocycles. The van der Waals surface area contributed by atoms with Gasteiger partial charge in [0.25, 0.3) is 0 Å². The molecule has 1 fully saturated rings. The van der Waals surface area contributed by atoms with Crippen molar-refractivity contribution in [2.75, 3.05) is 27.4 Å². The monoisotopic (exact) mass is 258 g/mol. The average Bonchev–Trinajstić information content (AvgIpc) is 2.37. The molecule has 4 atom stereocenters. The zero-order chi connectivity index (χ0) is 13.5. The second-order valence-corrected chi connectivity index (χ2v) is 5.21. The number of nitrogens with one attached hydrogen (secondary N) is 1. The Morgan fingerprint density at radius 2 is 2.17 bits per heavy atom. The summed E-state index contributed by atoms with van der Waals surface area (Å²) in [7, 11) is 3.24. The Morgan fingerprint density at radius 3 is 2.72 bits per heavy atom. The summed E-state index contributed by atoms with van der Waals surface area (Å²) in [5.74, 6) is 0.668. The Balaban J connectivity index is 2.32. The summed E-state index contributed by atoms with van der Waals surface area (Å²) in [4.78, 5) is 12.0. The van der Waals surface area contributed by atoms with E-state index < -0.39 is 0 Å². The van der Waals surface area contributed by atoms with Crippen molar-refractivity contribution < 1.29 is 14.3 Å². The van der Waals surface area contributed by atoms with Crippen molar-refractivity contribution in [3.05, 3.63) is 0 Å². The van der Waals surface area contributed by atoms with Crippen LogP contribution in [0.5, 0.6) is 0 Å². The van der Waals surface area contributed by atoms with Gasteiger partial charge in [0.2, 0.25) is 5.91 Å². The molecule has 3 N–H and O–H groups in total. The van der Waals surface area contributed by atoms with Crippen molar-refractivity contribution in [2.24, 2.45) is 17.6 Å². The molecule has 0 radical (unpaired) electrons. The number of nitrogens with two attached hydrogens (primary N) is 1. The molecule has 106 valence electrons. The van der Waals surface area contributed by atoms with Gasteiger partial charge in [-0.05, 0) is 25.2 Å². The molecule has 18 heavy (non-hydrogen) atoms. The number of hydrogen-bond acceptors (Lipinski definition) is 4. The van der Waals surface area contributed by atoms with Crippen LogP contribution in [0.4, 0.5) is 0 Å². The van der Waals surface area contributed by atoms with Crippen molar-refractivity contribution in [1.82, 2.24) is 5.32 Å². The van der Waals surface area contributed by atoms with E-state index in [2.05, 4.69) is 12.2 Å². The lowest BCUT2D eigenvalue weighted by Crippen LogP contribution is -2.43. The SMILES string of the molecule is COCC(CNC(=O)C1CCC(C)C(N)C1)OC. The van der Waals surface area contributed by atoms with Crippen molar-refractivity contribution in [2.45, 2.75) is 38.3 Å². The Bertz CT molecular complexity index is 261. The number of methoxy groups -OCH3 is 2. The molecule has 0 bridgehead atoms. The molecule has 5 nitrogen and oxygen atoms in total. The lowest BCUT2D eigenvalue weighted by Gasteiger charge is -2.31. The highest BCUT2D eigenvalue weighted by molar-refractivity contribution is 5.78. The fourth-order valence-electron chi connectivity index (χ4n) is 2.35. The highest BCUT2D eigenvalue weighted by Gasteiger charge is 2.29. The molecule has 0 aromatic carbocycles. The van der Waals surface area contributed by atoms with Crippen molar-refractivity contribution in [3.63, 3.8) is 0 Å². The first-order valence-corrected chi connectivity index (χ1v) is 6.63. The lowest BCUT2D eigenvalue weighted by atomic mass is 9.79. The predicted molar refractivity (Wildman–Crippen MR) is 70.2 cm³/mol. The van der Waals surface area contributed by atoms with Gasteiger partial charge < -0.3 is 20.5 Å². The van der Waals surface area contributed by atoms with Crippen molar-refractivity contribution in [1.29, 1.82) is 0 Å². The van der Waals surface area contributed by atoms with Gasteiger partial charge in [-0.25, -0.2) is 0 Å². The number of amides is 1. The van der Waals surface area contributed by atoms with Gasteiger partial charge in [0.1, 0.15) is 0 Å². The molecule has 1 aliphatic rings. The van der Waals surface area contributed by atoms with Crippen LogP contribution in [0.2, 0.25) is 0 Å². The van der Waals surface area contributed by atoms with Gasteiger partial charge in [0, 0.05) is 32.7 Å². The Kier molecular flexibility index (Phi) is 6.60. The largest absolute Gasteiger partial charge is 0.382 e. The van der Waals surface area contributed by atoms with Gasteiger partial charge in [-0.2, -0.15) is 0 Å². The summed E-state index contributed by atoms with van der Waals surface area (Å²) in [6.07, 6.45) is 2.66. The maximum absolute atomic E-state index is 12.0. The van der Waals surface area contributed by atoms with E-state index in [1.54, 1.807) is 14.2 Å². The number of carbonyl (C=O) groups is 1. The van der Waals surface area contributed by atoms with E-state index in [1.165, 1.54) is 0 Å². The Morgan fingerprint density at radius 1 is 1.44 bits per heavy atom. The highest BCUT2D eigenvalue weighted by atomic mass is 16.5. The first-order chi connectivity index (χ1) is 8.58. The molecule has 1 saturated carbocycles. The van der Waals surface area contributed by atoms with Gasteiger partial charge in [-0.1, -0.05) is 6.92 Å². The van der Waals surface area contributed by atoms with Crippen LogP contribution in [-0.2, 0) is 14.3 Å². The van der Waals surface area contributed by atoms with Crippen LogP contribution in [0.1, 0.15) is 26.2 Å². The minimum Gasteiger partial charge on any atom is -0.382 e. The van der Waals surface area contributed by atoms with Crippen LogP contribution in [0.15, 0.2) is 0 Å². The van der Waals surface area contributed by atoms with E-state index in [-0.39, 0.29) is 24.0 Å². The lowest BCUT2D eigenvalue weighted by molar-refractivity contribution is -0.127. The van der Waals surface area contributed by atoms with Gasteiger partial charge >= 0.3 is 0 Å². The van der Waals surface area contributed by atoms with Crippen LogP contribution in [0.3, 0.4) is 0 Å². The first-order valence-electron chi connectivity index (χ1n) is 6.63. The van der Waals surface area contributed by atoms with Gasteiger partial charge in [0.05, 0.1) is 12.7 Å². The summed E-state index contributed by atoms with van der Waals surface area (Å²) < 4.78 is 10.2. The third-order valence-electron chi connectivity index (χ3n) is 3.82. The van der Waals surface area contributed by atoms with E-state index in [1.807, 2.05) is 0 Å². The minimum atomic E-state index is -0.0878. The number of rotatable bonds is 6. The average molecular weight is 258 g/mol. The van der Waals surface area contributed by atoms with Gasteiger partial charge in [-0.15, -0.1) is 0 Å². The maximum atomic E-state index is 12.0. The molecule has 0 aromatic rings. The third kappa shape index (κ3) is 4.55. The van der Waals surface area contributed by atoms with Gasteiger partial charge in [-0.3, -0.25) is 4.79 Å². The zero-order valence-corrected chi connectivity index (χ0v) is 11.6. The molecule has 4 unspecified atom stereocenters. The molecule has 1 aliphatic carbocycles. The van der Waals surface area contributed by atoms with E-state index in [9.17, 15) is 4.79 Å². The quantitative estimate of drug-likeness (QED) is 0.729. The molecule has 0 spiro atoms. The topological polar surface area (TPSA) is 73.6 Å². The van der Waals surface area contributed by atoms with Gasteiger partial charge in [0.15, 0.2) is 0 Å². The summed E-state index contributed by atoms with van der Waals surface area (Å²) >= 11 is 0. The minimum absolute atomic E-state index is 0.0521. The van der Waals surface area contributed by atoms with Crippen LogP contribution >= 0.6 is 0 Å². The molecule has 1 amide bonds. The fourth-order valence-corrected chi connectivity index (χ4v) is 2.35. The summed E-state index contributed by atoms with van der Waals surface area (Å²) in [6, 6.07) is 0.145. The smallest absolute Gasteiger partial charge is 0.223 e. The predicted octanol–water partition coefficient (Wildman–Crippen LogP) is 0.528. The number of ether oxygens (including phenoxy) is 2. The standard InChI is InChI=1S/C13H26N2O3/c1-9-4-5-10(6-12(9)14)13(16)15-7-11(18-3)8-17-2/h9-12H,4-8,14H2,1-3H3,(H,15,16). The van der Waals surface area contributed by atoms with E-state index in [0.717, 1.165) is 19.3 Å². The molecule has 0 aromatic heterocycles. The first kappa shape index (κ1) is 15.4. The zero-order valence-electron chi connectivity index (χ0n) is 11.6. The highest BCUT2D eigenvalue weighted by Crippen LogP contribution is 2.27. The molecular formula is C13H26N2O3. The van der Waals surface area contributed by atoms with Crippen LogP contribution in [0.25, 0.3) is 0 Å². The maximum Gasteiger partial charge on any atom is 0.223 e. The van der Waals surface area contributed by atoms with Crippen LogP contribution in [-0.4, -0.2) is 45.4 Å². The Labute approximate surface area is 109 Å².